The highest BCUT2D eigenvalue weighted by atomic mass is 16.5. The van der Waals surface area contributed by atoms with Crippen molar-refractivity contribution in [3.05, 3.63) is 41.1 Å². The fourth-order valence-electron chi connectivity index (χ4n) is 2.84. The van der Waals surface area contributed by atoms with Crippen molar-refractivity contribution in [3.8, 4) is 5.75 Å². The number of urea groups is 1. The minimum atomic E-state index is -0.428. The Hall–Kier alpha value is -2.30. The number of benzene rings is 1. The molecule has 0 saturated heterocycles. The third-order valence-electron chi connectivity index (χ3n) is 3.73. The Kier molecular flexibility index (Phi) is 3.18. The van der Waals surface area contributed by atoms with Crippen LogP contribution < -0.4 is 15.4 Å². The Labute approximate surface area is 117 Å². The molecule has 5 heteroatoms. The number of Topliss-reactive ketones (excluding diaryl/α,β-unsaturated/α-hetero) is 1. The summed E-state index contributed by atoms with van der Waals surface area (Å²) in [5.74, 6) is 0.763. The van der Waals surface area contributed by atoms with E-state index in [1.54, 1.807) is 7.11 Å². The summed E-state index contributed by atoms with van der Waals surface area (Å²) in [6, 6.07) is 6.75. The van der Waals surface area contributed by atoms with Gasteiger partial charge in [-0.25, -0.2) is 4.79 Å². The van der Waals surface area contributed by atoms with E-state index in [4.69, 9.17) is 4.74 Å². The summed E-state index contributed by atoms with van der Waals surface area (Å²) in [6.45, 7) is 0. The summed E-state index contributed by atoms with van der Waals surface area (Å²) in [4.78, 5) is 24.0. The van der Waals surface area contributed by atoms with Crippen molar-refractivity contribution in [2.24, 2.45) is 0 Å². The van der Waals surface area contributed by atoms with Crippen LogP contribution in [0, 0.1) is 0 Å². The fraction of sp³-hybridized carbons (Fsp3) is 0.333. The van der Waals surface area contributed by atoms with Crippen molar-refractivity contribution in [1.29, 1.82) is 0 Å². The molecule has 0 spiro atoms. The van der Waals surface area contributed by atoms with Crippen LogP contribution >= 0.6 is 0 Å². The molecule has 0 radical (unpaired) electrons. The standard InChI is InChI=1S/C15H16N2O3/c1-20-12-8-3-2-5-9(12)14-13-10(16-15(19)17-14)6-4-7-11(13)18/h2-3,5,8,14H,4,6-7H2,1H3,(H2,16,17,19). The van der Waals surface area contributed by atoms with Crippen LogP contribution in [-0.4, -0.2) is 18.9 Å². The summed E-state index contributed by atoms with van der Waals surface area (Å²) in [5.41, 5.74) is 2.23. The van der Waals surface area contributed by atoms with E-state index in [2.05, 4.69) is 10.6 Å². The van der Waals surface area contributed by atoms with E-state index in [9.17, 15) is 9.59 Å². The van der Waals surface area contributed by atoms with E-state index in [1.807, 2.05) is 24.3 Å². The van der Waals surface area contributed by atoms with Gasteiger partial charge in [0.1, 0.15) is 5.75 Å². The van der Waals surface area contributed by atoms with Crippen molar-refractivity contribution >= 4 is 11.8 Å². The van der Waals surface area contributed by atoms with Crippen molar-refractivity contribution in [2.45, 2.75) is 25.3 Å². The molecule has 1 aromatic carbocycles. The van der Waals surface area contributed by atoms with Crippen LogP contribution in [0.15, 0.2) is 35.5 Å². The summed E-state index contributed by atoms with van der Waals surface area (Å²) < 4.78 is 5.34. The first-order valence-electron chi connectivity index (χ1n) is 6.67. The summed E-state index contributed by atoms with van der Waals surface area (Å²) >= 11 is 0. The zero-order valence-electron chi connectivity index (χ0n) is 11.2. The lowest BCUT2D eigenvalue weighted by molar-refractivity contribution is -0.116. The van der Waals surface area contributed by atoms with Crippen molar-refractivity contribution in [3.63, 3.8) is 0 Å². The maximum atomic E-state index is 12.2. The maximum absolute atomic E-state index is 12.2. The molecule has 0 bridgehead atoms. The van der Waals surface area contributed by atoms with Gasteiger partial charge in [0, 0.05) is 23.3 Å². The Morgan fingerprint density at radius 3 is 2.80 bits per heavy atom. The predicted molar refractivity (Wildman–Crippen MR) is 73.3 cm³/mol. The predicted octanol–water partition coefficient (Wildman–Crippen LogP) is 2.06. The molecule has 1 aliphatic carbocycles. The number of hydrogen-bond donors (Lipinski definition) is 2. The molecule has 20 heavy (non-hydrogen) atoms. The molecule has 1 aliphatic heterocycles. The lowest BCUT2D eigenvalue weighted by Crippen LogP contribution is -2.46. The van der Waals surface area contributed by atoms with Crippen molar-refractivity contribution in [1.82, 2.24) is 10.6 Å². The number of amides is 2. The summed E-state index contributed by atoms with van der Waals surface area (Å²) in [6.07, 6.45) is 2.05. The largest absolute Gasteiger partial charge is 0.496 e. The zero-order valence-corrected chi connectivity index (χ0v) is 11.2. The summed E-state index contributed by atoms with van der Waals surface area (Å²) in [5, 5.41) is 5.58. The highest BCUT2D eigenvalue weighted by Crippen LogP contribution is 2.36. The van der Waals surface area contributed by atoms with Crippen LogP contribution in [-0.2, 0) is 4.79 Å². The molecule has 5 nitrogen and oxygen atoms in total. The molecule has 3 rings (SSSR count). The van der Waals surface area contributed by atoms with E-state index >= 15 is 0 Å². The normalized spacial score (nSPS) is 21.9. The Balaban J connectivity index is 2.11. The van der Waals surface area contributed by atoms with Crippen LogP contribution in [0.4, 0.5) is 4.79 Å². The Morgan fingerprint density at radius 1 is 1.20 bits per heavy atom. The second-order valence-electron chi connectivity index (χ2n) is 4.94. The van der Waals surface area contributed by atoms with Gasteiger partial charge in [-0.3, -0.25) is 4.79 Å². The van der Waals surface area contributed by atoms with Gasteiger partial charge in [0.05, 0.1) is 13.2 Å². The number of ketones is 1. The molecule has 2 N–H and O–H groups in total. The monoisotopic (exact) mass is 272 g/mol. The molecule has 2 amide bonds. The van der Waals surface area contributed by atoms with Gasteiger partial charge in [-0.05, 0) is 18.9 Å². The van der Waals surface area contributed by atoms with Gasteiger partial charge in [-0.2, -0.15) is 0 Å². The zero-order chi connectivity index (χ0) is 14.1. The van der Waals surface area contributed by atoms with E-state index < -0.39 is 6.04 Å². The summed E-state index contributed by atoms with van der Waals surface area (Å²) in [7, 11) is 1.58. The molecule has 2 aliphatic rings. The van der Waals surface area contributed by atoms with Gasteiger partial charge in [0.15, 0.2) is 5.78 Å². The van der Waals surface area contributed by atoms with Crippen molar-refractivity contribution in [2.75, 3.05) is 7.11 Å². The van der Waals surface area contributed by atoms with Crippen molar-refractivity contribution < 1.29 is 14.3 Å². The first kappa shape index (κ1) is 12.7. The molecular formula is C15H16N2O3. The first-order valence-corrected chi connectivity index (χ1v) is 6.67. The maximum Gasteiger partial charge on any atom is 0.319 e. The quantitative estimate of drug-likeness (QED) is 0.866. The van der Waals surface area contributed by atoms with Gasteiger partial charge >= 0.3 is 6.03 Å². The number of para-hydroxylation sites is 1. The molecule has 0 aromatic heterocycles. The smallest absolute Gasteiger partial charge is 0.319 e. The highest BCUT2D eigenvalue weighted by Gasteiger charge is 2.35. The topological polar surface area (TPSA) is 67.4 Å². The first-order chi connectivity index (χ1) is 9.70. The van der Waals surface area contributed by atoms with Gasteiger partial charge < -0.3 is 15.4 Å². The molecule has 1 aromatic rings. The minimum Gasteiger partial charge on any atom is -0.496 e. The van der Waals surface area contributed by atoms with Gasteiger partial charge in [-0.15, -0.1) is 0 Å². The molecule has 0 fully saturated rings. The molecule has 1 atom stereocenters. The number of hydrogen-bond acceptors (Lipinski definition) is 3. The average Bonchev–Trinajstić information content (AvgIpc) is 2.46. The SMILES string of the molecule is COc1ccccc1C1NC(=O)NC2=C1C(=O)CCC2. The lowest BCUT2D eigenvalue weighted by atomic mass is 9.85. The number of carbonyl (C=O) groups is 2. The van der Waals surface area contributed by atoms with Gasteiger partial charge in [0.2, 0.25) is 0 Å². The average molecular weight is 272 g/mol. The molecular weight excluding hydrogens is 256 g/mol. The van der Waals surface area contributed by atoms with Gasteiger partial charge in [0.25, 0.3) is 0 Å². The molecule has 104 valence electrons. The Bertz CT molecular complexity index is 607. The van der Waals surface area contributed by atoms with Crippen LogP contribution in [0.1, 0.15) is 30.9 Å². The molecule has 1 heterocycles. The van der Waals surface area contributed by atoms with Crippen LogP contribution in [0.2, 0.25) is 0 Å². The van der Waals surface area contributed by atoms with Gasteiger partial charge in [-0.1, -0.05) is 18.2 Å². The number of nitrogens with one attached hydrogen (secondary N) is 2. The fourth-order valence-corrected chi connectivity index (χ4v) is 2.84. The second-order valence-corrected chi connectivity index (χ2v) is 4.94. The highest BCUT2D eigenvalue weighted by molar-refractivity contribution is 6.01. The third-order valence-corrected chi connectivity index (χ3v) is 3.73. The van der Waals surface area contributed by atoms with E-state index in [0.717, 1.165) is 24.1 Å². The number of ether oxygens (including phenoxy) is 1. The molecule has 1 unspecified atom stereocenters. The second kappa shape index (κ2) is 5.00. The number of allylic oxidation sites excluding steroid dienone is 1. The van der Waals surface area contributed by atoms with Crippen LogP contribution in [0.5, 0.6) is 5.75 Å². The number of methoxy groups -OCH3 is 1. The van der Waals surface area contributed by atoms with Crippen LogP contribution in [0.25, 0.3) is 0 Å². The number of carbonyl (C=O) groups excluding carboxylic acids is 2. The number of rotatable bonds is 2. The minimum absolute atomic E-state index is 0.0923. The Morgan fingerprint density at radius 2 is 2.00 bits per heavy atom. The van der Waals surface area contributed by atoms with E-state index in [-0.39, 0.29) is 11.8 Å². The lowest BCUT2D eigenvalue weighted by Gasteiger charge is -2.32. The molecule has 0 saturated carbocycles. The van der Waals surface area contributed by atoms with E-state index in [1.165, 1.54) is 0 Å². The van der Waals surface area contributed by atoms with Crippen LogP contribution in [0.3, 0.4) is 0 Å². The third kappa shape index (κ3) is 2.05. The van der Waals surface area contributed by atoms with E-state index in [0.29, 0.717) is 17.7 Å².